The Hall–Kier alpha value is -2.10. The highest BCUT2D eigenvalue weighted by atomic mass is 79.9. The van der Waals surface area contributed by atoms with Crippen LogP contribution in [0.3, 0.4) is 0 Å². The monoisotopic (exact) mass is 404 g/mol. The molecule has 0 saturated carbocycles. The summed E-state index contributed by atoms with van der Waals surface area (Å²) in [6, 6.07) is 7.60. The maximum atomic E-state index is 12.7. The molecule has 1 fully saturated rings. The number of aromatic nitrogens is 5. The van der Waals surface area contributed by atoms with Crippen LogP contribution >= 0.6 is 15.9 Å². The van der Waals surface area contributed by atoms with Crippen molar-refractivity contribution < 1.29 is 4.74 Å². The van der Waals surface area contributed by atoms with Gasteiger partial charge < -0.3 is 4.74 Å². The SMILES string of the molecule is O=c1c2nnn(-c3ccc(Br)cc3)c2ncn1CCN1CCOCC1. The van der Waals surface area contributed by atoms with Crippen LogP contribution in [0.4, 0.5) is 0 Å². The van der Waals surface area contributed by atoms with Gasteiger partial charge in [-0.2, -0.15) is 4.68 Å². The van der Waals surface area contributed by atoms with Crippen LogP contribution in [0.5, 0.6) is 0 Å². The van der Waals surface area contributed by atoms with E-state index in [1.807, 2.05) is 24.3 Å². The summed E-state index contributed by atoms with van der Waals surface area (Å²) in [6.07, 6.45) is 1.57. The van der Waals surface area contributed by atoms with Gasteiger partial charge in [0.2, 0.25) is 0 Å². The minimum absolute atomic E-state index is 0.165. The van der Waals surface area contributed by atoms with Crippen molar-refractivity contribution in [2.24, 2.45) is 0 Å². The molecule has 3 aromatic rings. The molecule has 0 amide bonds. The molecule has 25 heavy (non-hydrogen) atoms. The normalized spacial score (nSPS) is 15.7. The van der Waals surface area contributed by atoms with E-state index in [-0.39, 0.29) is 11.1 Å². The van der Waals surface area contributed by atoms with Gasteiger partial charge in [0.1, 0.15) is 6.33 Å². The summed E-state index contributed by atoms with van der Waals surface area (Å²) in [6.45, 7) is 4.64. The molecule has 3 heterocycles. The second-order valence-electron chi connectivity index (χ2n) is 5.85. The molecule has 1 aromatic carbocycles. The van der Waals surface area contributed by atoms with Gasteiger partial charge in [-0.3, -0.25) is 14.3 Å². The predicted molar refractivity (Wildman–Crippen MR) is 95.9 cm³/mol. The van der Waals surface area contributed by atoms with E-state index in [4.69, 9.17) is 4.74 Å². The van der Waals surface area contributed by atoms with Crippen molar-refractivity contribution >= 4 is 27.1 Å². The zero-order valence-corrected chi connectivity index (χ0v) is 15.1. The highest BCUT2D eigenvalue weighted by Crippen LogP contribution is 2.15. The van der Waals surface area contributed by atoms with Crippen molar-refractivity contribution in [2.75, 3.05) is 32.8 Å². The summed E-state index contributed by atoms with van der Waals surface area (Å²) in [5.74, 6) is 0. The highest BCUT2D eigenvalue weighted by Gasteiger charge is 2.15. The van der Waals surface area contributed by atoms with Crippen molar-refractivity contribution in [1.82, 2.24) is 29.4 Å². The fourth-order valence-corrected chi connectivity index (χ4v) is 3.10. The van der Waals surface area contributed by atoms with Crippen LogP contribution in [0.2, 0.25) is 0 Å². The molecule has 0 unspecified atom stereocenters. The summed E-state index contributed by atoms with van der Waals surface area (Å²) in [5, 5.41) is 8.14. The van der Waals surface area contributed by atoms with Gasteiger partial charge in [0.05, 0.1) is 18.9 Å². The van der Waals surface area contributed by atoms with Crippen LogP contribution in [0.15, 0.2) is 39.9 Å². The van der Waals surface area contributed by atoms with Gasteiger partial charge in [0, 0.05) is 30.7 Å². The number of benzene rings is 1. The number of ether oxygens (including phenoxy) is 1. The third-order valence-electron chi connectivity index (χ3n) is 4.26. The number of halogens is 1. The van der Waals surface area contributed by atoms with Gasteiger partial charge in [-0.1, -0.05) is 21.1 Å². The van der Waals surface area contributed by atoms with Gasteiger partial charge in [0.25, 0.3) is 5.56 Å². The lowest BCUT2D eigenvalue weighted by atomic mass is 10.3. The van der Waals surface area contributed by atoms with Gasteiger partial charge in [-0.05, 0) is 24.3 Å². The first kappa shape index (κ1) is 16.4. The van der Waals surface area contributed by atoms with Crippen molar-refractivity contribution in [2.45, 2.75) is 6.54 Å². The Morgan fingerprint density at radius 3 is 2.64 bits per heavy atom. The minimum Gasteiger partial charge on any atom is -0.379 e. The summed E-state index contributed by atoms with van der Waals surface area (Å²) in [4.78, 5) is 19.3. The molecular weight excluding hydrogens is 388 g/mol. The Labute approximate surface area is 152 Å². The van der Waals surface area contributed by atoms with Crippen LogP contribution in [0.25, 0.3) is 16.9 Å². The maximum Gasteiger partial charge on any atom is 0.283 e. The molecular formula is C16H17BrN6O2. The zero-order chi connectivity index (χ0) is 17.2. The summed E-state index contributed by atoms with van der Waals surface area (Å²) >= 11 is 3.40. The molecule has 1 aliphatic heterocycles. The standard InChI is InChI=1S/C16H17BrN6O2/c17-12-1-3-13(4-2-12)23-15-14(19-20-23)16(24)22(11-18-15)6-5-21-7-9-25-10-8-21/h1-4,11H,5-10H2. The number of rotatable bonds is 4. The zero-order valence-electron chi connectivity index (χ0n) is 13.5. The summed E-state index contributed by atoms with van der Waals surface area (Å²) in [5.41, 5.74) is 1.40. The molecule has 0 bridgehead atoms. The van der Waals surface area contributed by atoms with E-state index in [2.05, 4.69) is 36.1 Å². The molecule has 1 saturated heterocycles. The number of morpholine rings is 1. The Morgan fingerprint density at radius 1 is 1.12 bits per heavy atom. The molecule has 0 atom stereocenters. The third kappa shape index (κ3) is 3.35. The fourth-order valence-electron chi connectivity index (χ4n) is 2.83. The first-order valence-corrected chi connectivity index (χ1v) is 8.88. The average molecular weight is 405 g/mol. The van der Waals surface area contributed by atoms with Crippen molar-refractivity contribution in [3.63, 3.8) is 0 Å². The lowest BCUT2D eigenvalue weighted by Crippen LogP contribution is -2.39. The van der Waals surface area contributed by atoms with E-state index in [9.17, 15) is 4.79 Å². The van der Waals surface area contributed by atoms with Crippen LogP contribution < -0.4 is 5.56 Å². The molecule has 0 N–H and O–H groups in total. The Balaban J connectivity index is 1.60. The smallest absolute Gasteiger partial charge is 0.283 e. The molecule has 0 radical (unpaired) electrons. The quantitative estimate of drug-likeness (QED) is 0.647. The van der Waals surface area contributed by atoms with E-state index in [1.165, 1.54) is 0 Å². The number of nitrogens with zero attached hydrogens (tertiary/aromatic N) is 6. The van der Waals surface area contributed by atoms with E-state index in [0.29, 0.717) is 12.2 Å². The van der Waals surface area contributed by atoms with Gasteiger partial charge in [0.15, 0.2) is 11.2 Å². The van der Waals surface area contributed by atoms with Crippen LogP contribution in [0, 0.1) is 0 Å². The Kier molecular flexibility index (Phi) is 4.60. The number of hydrogen-bond acceptors (Lipinski definition) is 6. The van der Waals surface area contributed by atoms with E-state index in [1.54, 1.807) is 15.6 Å². The number of hydrogen-bond donors (Lipinski definition) is 0. The predicted octanol–water partition coefficient (Wildman–Crippen LogP) is 1.07. The largest absolute Gasteiger partial charge is 0.379 e. The first-order valence-electron chi connectivity index (χ1n) is 8.09. The van der Waals surface area contributed by atoms with Crippen molar-refractivity contribution in [1.29, 1.82) is 0 Å². The molecule has 9 heteroatoms. The second-order valence-corrected chi connectivity index (χ2v) is 6.76. The summed E-state index contributed by atoms with van der Waals surface area (Å²) < 4.78 is 9.48. The van der Waals surface area contributed by atoms with Crippen LogP contribution in [-0.4, -0.2) is 62.3 Å². The Bertz CT molecular complexity index is 930. The topological polar surface area (TPSA) is 78.1 Å². The van der Waals surface area contributed by atoms with E-state index in [0.717, 1.165) is 43.0 Å². The fraction of sp³-hybridized carbons (Fsp3) is 0.375. The second kappa shape index (κ2) is 7.03. The highest BCUT2D eigenvalue weighted by molar-refractivity contribution is 9.10. The summed E-state index contributed by atoms with van der Waals surface area (Å²) in [7, 11) is 0. The molecule has 130 valence electrons. The van der Waals surface area contributed by atoms with Crippen molar-refractivity contribution in [3.8, 4) is 5.69 Å². The average Bonchev–Trinajstić information content (AvgIpc) is 3.08. The molecule has 0 aliphatic carbocycles. The lowest BCUT2D eigenvalue weighted by Gasteiger charge is -2.26. The van der Waals surface area contributed by atoms with Gasteiger partial charge in [-0.15, -0.1) is 5.10 Å². The molecule has 8 nitrogen and oxygen atoms in total. The first-order chi connectivity index (χ1) is 12.2. The molecule has 4 rings (SSSR count). The van der Waals surface area contributed by atoms with Gasteiger partial charge >= 0.3 is 0 Å². The Morgan fingerprint density at radius 2 is 1.88 bits per heavy atom. The third-order valence-corrected chi connectivity index (χ3v) is 4.79. The molecule has 1 aliphatic rings. The van der Waals surface area contributed by atoms with E-state index < -0.39 is 0 Å². The van der Waals surface area contributed by atoms with Gasteiger partial charge in [-0.25, -0.2) is 4.98 Å². The maximum absolute atomic E-state index is 12.7. The minimum atomic E-state index is -0.165. The molecule has 0 spiro atoms. The van der Waals surface area contributed by atoms with E-state index >= 15 is 0 Å². The molecule has 2 aromatic heterocycles. The van der Waals surface area contributed by atoms with Crippen LogP contribution in [-0.2, 0) is 11.3 Å². The van der Waals surface area contributed by atoms with Crippen LogP contribution in [0.1, 0.15) is 0 Å². The lowest BCUT2D eigenvalue weighted by molar-refractivity contribution is 0.0362. The van der Waals surface area contributed by atoms with Crippen molar-refractivity contribution in [3.05, 3.63) is 45.4 Å². The number of fused-ring (bicyclic) bond motifs is 1.